The van der Waals surface area contributed by atoms with Gasteiger partial charge in [0, 0.05) is 32.2 Å². The van der Waals surface area contributed by atoms with Crippen molar-refractivity contribution >= 4 is 6.21 Å². The van der Waals surface area contributed by atoms with Gasteiger partial charge in [0.15, 0.2) is 17.2 Å². The van der Waals surface area contributed by atoms with Crippen molar-refractivity contribution in [2.24, 2.45) is 16.8 Å². The van der Waals surface area contributed by atoms with E-state index >= 15 is 0 Å². The predicted molar refractivity (Wildman–Crippen MR) is 176 cm³/mol. The number of hydrogen-bond acceptors (Lipinski definition) is 7. The Kier molecular flexibility index (Phi) is 14.0. The third-order valence-corrected chi connectivity index (χ3v) is 9.21. The molecule has 4 rings (SSSR count). The number of unbranched alkanes of at least 4 members (excludes halogenated alkanes) is 1. The number of aliphatic hydroxyl groups excluding tert-OH is 3. The fourth-order valence-electron chi connectivity index (χ4n) is 6.87. The van der Waals surface area contributed by atoms with Crippen LogP contribution in [-0.2, 0) is 6.42 Å². The maximum Gasteiger partial charge on any atom is 0.178 e. The van der Waals surface area contributed by atoms with Crippen LogP contribution in [0.1, 0.15) is 90.0 Å². The van der Waals surface area contributed by atoms with Crippen LogP contribution >= 0.6 is 0 Å². The lowest BCUT2D eigenvalue weighted by Gasteiger charge is -2.31. The molecule has 4 atom stereocenters. The van der Waals surface area contributed by atoms with Crippen molar-refractivity contribution in [2.75, 3.05) is 26.4 Å². The van der Waals surface area contributed by atoms with Gasteiger partial charge >= 0.3 is 0 Å². The average molecular weight is 612 g/mol. The van der Waals surface area contributed by atoms with Crippen molar-refractivity contribution in [3.63, 3.8) is 0 Å². The molecule has 2 heterocycles. The molecule has 0 saturated heterocycles. The second kappa shape index (κ2) is 17.9. The van der Waals surface area contributed by atoms with Gasteiger partial charge in [0.05, 0.1) is 24.5 Å². The van der Waals surface area contributed by atoms with Gasteiger partial charge < -0.3 is 35.2 Å². The lowest BCUT2D eigenvalue weighted by atomic mass is 9.74. The topological polar surface area (TPSA) is 127 Å². The third-order valence-electron chi connectivity index (χ3n) is 9.21. The first kappa shape index (κ1) is 34.4. The van der Waals surface area contributed by atoms with Crippen molar-refractivity contribution in [1.82, 2.24) is 5.32 Å². The number of aryl methyl sites for hydroxylation is 1. The zero-order valence-electron chi connectivity index (χ0n) is 26.8. The molecule has 1 aliphatic carbocycles. The molecule has 0 spiro atoms. The minimum atomic E-state index is -0.424. The van der Waals surface area contributed by atoms with Gasteiger partial charge in [-0.05, 0) is 75.5 Å². The SMILES string of the molecule is CCCCC1[OH+][C-](CCc2ccc(O)c(OCCC3=C[C+](C(C4CCCC4)C(CCCO)NCC(C)O)C=N3)c2)C=C1CO. The molecular weight excluding hydrogens is 556 g/mol. The quantitative estimate of drug-likeness (QED) is 0.103. The Hall–Kier alpha value is -2.49. The number of nitrogens with one attached hydrogen (secondary N) is 1. The normalized spacial score (nSPS) is 20.7. The Morgan fingerprint density at radius 2 is 2.00 bits per heavy atom. The van der Waals surface area contributed by atoms with Crippen molar-refractivity contribution in [1.29, 1.82) is 0 Å². The number of phenolic OH excluding ortho intramolecular Hbond substituents is 1. The molecule has 0 bridgehead atoms. The van der Waals surface area contributed by atoms with E-state index < -0.39 is 6.10 Å². The molecule has 4 unspecified atom stereocenters. The summed E-state index contributed by atoms with van der Waals surface area (Å²) in [6, 6.07) is 5.71. The first-order chi connectivity index (χ1) is 21.4. The number of allylic oxidation sites excluding steroid dienone is 1. The van der Waals surface area contributed by atoms with E-state index in [2.05, 4.69) is 24.4 Å². The lowest BCUT2D eigenvalue weighted by Crippen LogP contribution is -2.44. The number of ether oxygens (including phenoxy) is 2. The Bertz CT molecular complexity index is 1100. The van der Waals surface area contributed by atoms with E-state index in [0.717, 1.165) is 67.9 Å². The number of aromatic hydroxyl groups is 1. The van der Waals surface area contributed by atoms with E-state index in [-0.39, 0.29) is 31.1 Å². The highest BCUT2D eigenvalue weighted by molar-refractivity contribution is 5.83. The Morgan fingerprint density at radius 1 is 1.18 bits per heavy atom. The van der Waals surface area contributed by atoms with Gasteiger partial charge in [-0.3, -0.25) is 0 Å². The summed E-state index contributed by atoms with van der Waals surface area (Å²) >= 11 is 0. The Balaban J connectivity index is 1.31. The first-order valence-corrected chi connectivity index (χ1v) is 16.9. The average Bonchev–Trinajstić information content (AvgIpc) is 3.79. The van der Waals surface area contributed by atoms with Crippen LogP contribution in [-0.4, -0.2) is 76.0 Å². The Morgan fingerprint density at radius 3 is 2.73 bits per heavy atom. The second-order valence-electron chi connectivity index (χ2n) is 12.8. The van der Waals surface area contributed by atoms with Crippen molar-refractivity contribution < 1.29 is 29.9 Å². The zero-order valence-corrected chi connectivity index (χ0v) is 26.8. The molecule has 1 aromatic carbocycles. The summed E-state index contributed by atoms with van der Waals surface area (Å²) < 4.78 is 10.9. The fourth-order valence-corrected chi connectivity index (χ4v) is 6.87. The number of rotatable bonds is 20. The maximum absolute atomic E-state index is 10.5. The van der Waals surface area contributed by atoms with Crippen LogP contribution < -0.4 is 10.1 Å². The van der Waals surface area contributed by atoms with Gasteiger partial charge in [-0.2, -0.15) is 0 Å². The predicted octanol–water partition coefficient (Wildman–Crippen LogP) is 5.11. The number of benzene rings is 1. The molecule has 8 heteroatoms. The van der Waals surface area contributed by atoms with Crippen LogP contribution in [0.4, 0.5) is 0 Å². The molecule has 0 amide bonds. The van der Waals surface area contributed by atoms with Gasteiger partial charge in [-0.15, -0.1) is 16.6 Å². The summed E-state index contributed by atoms with van der Waals surface area (Å²) in [6.45, 7) is 5.13. The van der Waals surface area contributed by atoms with Gasteiger partial charge in [0.1, 0.15) is 30.9 Å². The van der Waals surface area contributed by atoms with Gasteiger partial charge in [-0.1, -0.05) is 32.3 Å². The maximum atomic E-state index is 10.5. The summed E-state index contributed by atoms with van der Waals surface area (Å²) in [5.74, 6) is 2.69. The van der Waals surface area contributed by atoms with Gasteiger partial charge in [0.25, 0.3) is 0 Å². The number of nitrogens with zero attached hydrogens (tertiary/aromatic N) is 1. The van der Waals surface area contributed by atoms with Crippen molar-refractivity contribution in [3.05, 3.63) is 59.2 Å². The Labute approximate surface area is 264 Å². The highest BCUT2D eigenvalue weighted by atomic mass is 16.5. The molecule has 1 saturated carbocycles. The standard InChI is InChI=1S/C36H54N2O6/c1-3-4-11-34-29(24-40)21-31(44-34)14-12-26-13-15-33(42)35(19-26)43-18-16-30-20-28(23-37-30)36(27-8-5-6-9-27)32(10-7-17-39)38-22-25(2)41/h13,15,19-21,23,25,27,32,34,36,38-41,44H,3-12,14,16-18,22,24H2,1-2H3/p+1. The minimum Gasteiger partial charge on any atom is -0.504 e. The van der Waals surface area contributed by atoms with E-state index in [1.807, 2.05) is 18.3 Å². The number of aliphatic hydroxyl groups is 5. The van der Waals surface area contributed by atoms with Crippen LogP contribution in [0, 0.1) is 23.9 Å². The highest BCUT2D eigenvalue weighted by Crippen LogP contribution is 2.41. The summed E-state index contributed by atoms with van der Waals surface area (Å²) in [7, 11) is 0. The second-order valence-corrected chi connectivity index (χ2v) is 12.8. The number of hydrogen-bond donors (Lipinski definition) is 5. The molecule has 1 fully saturated rings. The zero-order chi connectivity index (χ0) is 31.3. The van der Waals surface area contributed by atoms with Gasteiger partial charge in [-0.25, -0.2) is 0 Å². The number of phenols is 1. The van der Waals surface area contributed by atoms with E-state index in [4.69, 9.17) is 14.5 Å². The molecular formula is C36H55N2O6+. The van der Waals surface area contributed by atoms with Crippen LogP contribution in [0.25, 0.3) is 0 Å². The van der Waals surface area contributed by atoms with E-state index in [1.165, 1.54) is 31.6 Å². The molecule has 244 valence electrons. The first-order valence-electron chi connectivity index (χ1n) is 16.9. The van der Waals surface area contributed by atoms with Crippen molar-refractivity contribution in [3.8, 4) is 11.5 Å². The van der Waals surface area contributed by atoms with Crippen LogP contribution in [0.15, 0.2) is 46.6 Å². The monoisotopic (exact) mass is 611 g/mol. The lowest BCUT2D eigenvalue weighted by molar-refractivity contribution is -0.0550. The van der Waals surface area contributed by atoms with Crippen LogP contribution in [0.3, 0.4) is 0 Å². The van der Waals surface area contributed by atoms with Crippen LogP contribution in [0.2, 0.25) is 0 Å². The van der Waals surface area contributed by atoms with E-state index in [9.17, 15) is 20.4 Å². The fraction of sp³-hybridized carbons (Fsp3) is 0.639. The van der Waals surface area contributed by atoms with Gasteiger partial charge in [0.2, 0.25) is 0 Å². The summed E-state index contributed by atoms with van der Waals surface area (Å²) in [5.41, 5.74) is 3.06. The van der Waals surface area contributed by atoms with Crippen molar-refractivity contribution in [2.45, 2.75) is 109 Å². The largest absolute Gasteiger partial charge is 0.504 e. The smallest absolute Gasteiger partial charge is 0.178 e. The summed E-state index contributed by atoms with van der Waals surface area (Å²) in [6.07, 6.45) is 18.8. The third kappa shape index (κ3) is 10.0. The molecule has 6 N–H and O–H groups in total. The molecule has 2 aliphatic heterocycles. The molecule has 3 aliphatic rings. The van der Waals surface area contributed by atoms with Crippen LogP contribution in [0.5, 0.6) is 11.5 Å². The highest BCUT2D eigenvalue weighted by Gasteiger charge is 2.42. The molecule has 8 nitrogen and oxygen atoms in total. The van der Waals surface area contributed by atoms with E-state index in [0.29, 0.717) is 37.2 Å². The summed E-state index contributed by atoms with van der Waals surface area (Å²) in [4.78, 5) is 4.74. The summed E-state index contributed by atoms with van der Waals surface area (Å²) in [5, 5.41) is 43.3. The molecule has 44 heavy (non-hydrogen) atoms. The number of aliphatic imine (C=N–C) groups is 1. The molecule has 1 aromatic rings. The molecule has 0 aromatic heterocycles. The molecule has 0 radical (unpaired) electrons. The minimum absolute atomic E-state index is 0.0593. The van der Waals surface area contributed by atoms with E-state index in [1.54, 1.807) is 13.0 Å².